The van der Waals surface area contributed by atoms with Gasteiger partial charge in [0.15, 0.2) is 5.82 Å². The molecule has 0 aliphatic heterocycles. The van der Waals surface area contributed by atoms with Gasteiger partial charge in [-0.05, 0) is 67.2 Å². The first-order chi connectivity index (χ1) is 19.6. The number of rotatable bonds is 6. The second-order valence-corrected chi connectivity index (χ2v) is 9.38. The zero-order chi connectivity index (χ0) is 27.5. The molecule has 0 saturated carbocycles. The Hall–Kier alpha value is -4.67. The van der Waals surface area contributed by atoms with Gasteiger partial charge in [-0.15, -0.1) is 29.8 Å². The Morgan fingerprint density at radius 2 is 1.46 bits per heavy atom. The minimum absolute atomic E-state index is 0. The van der Waals surface area contributed by atoms with Crippen LogP contribution < -0.4 is 4.90 Å². The zero-order valence-electron chi connectivity index (χ0n) is 22.5. The molecule has 3 aromatic heterocycles. The maximum atomic E-state index is 10.6. The number of phenolic OH excluding ortho intramolecular Hbond substituents is 1. The molecule has 0 fully saturated rings. The summed E-state index contributed by atoms with van der Waals surface area (Å²) in [6.07, 6.45) is 1.78. The maximum Gasteiger partial charge on any atom is 0.154 e. The Morgan fingerprint density at radius 1 is 0.707 bits per heavy atom. The molecule has 7 heteroatoms. The van der Waals surface area contributed by atoms with Gasteiger partial charge in [-0.2, -0.15) is 0 Å². The number of benzene rings is 3. The standard InChI is InChI=1S/C34H26N5O.Pt/c1-23-18-19-31(24(2)36-23)39(33-17-8-9-20-35-33)27-14-10-13-26(21-27)30-22-29(25-11-4-3-5-12-25)37-34(38-30)28-15-6-7-16-32(28)40;/h3-20,22,40H,1-2H3;/q-1;. The van der Waals surface area contributed by atoms with E-state index >= 15 is 0 Å². The number of nitrogens with zero attached hydrogens (tertiary/aromatic N) is 5. The zero-order valence-corrected chi connectivity index (χ0v) is 24.7. The summed E-state index contributed by atoms with van der Waals surface area (Å²) >= 11 is 0. The van der Waals surface area contributed by atoms with Gasteiger partial charge in [-0.25, -0.2) is 9.97 Å². The van der Waals surface area contributed by atoms with Crippen LogP contribution in [-0.4, -0.2) is 25.0 Å². The van der Waals surface area contributed by atoms with E-state index in [0.717, 1.165) is 45.4 Å². The van der Waals surface area contributed by atoms with Crippen molar-refractivity contribution in [3.05, 3.63) is 133 Å². The summed E-state index contributed by atoms with van der Waals surface area (Å²) in [5, 5.41) is 10.6. The summed E-state index contributed by atoms with van der Waals surface area (Å²) in [6.45, 7) is 3.98. The summed E-state index contributed by atoms with van der Waals surface area (Å²) in [5.41, 5.74) is 7.30. The van der Waals surface area contributed by atoms with Crippen LogP contribution in [0.15, 0.2) is 115 Å². The fourth-order valence-corrected chi connectivity index (χ4v) is 4.64. The molecule has 0 aliphatic carbocycles. The van der Waals surface area contributed by atoms with Crippen LogP contribution >= 0.6 is 0 Å². The molecule has 6 aromatic rings. The Labute approximate surface area is 253 Å². The fourth-order valence-electron chi connectivity index (χ4n) is 4.64. The van der Waals surface area contributed by atoms with Gasteiger partial charge in [0.05, 0.1) is 22.6 Å². The molecule has 0 atom stereocenters. The van der Waals surface area contributed by atoms with E-state index in [0.29, 0.717) is 17.1 Å². The summed E-state index contributed by atoms with van der Waals surface area (Å²) in [5.74, 6) is 1.32. The SMILES string of the molecule is Cc1ccc(N(c2[c-]c(-c3cc(-c4ccccc4)nc(-c4ccccc4O)n3)ccc2)c2ccccn2)c(C)n1.[Pt]. The van der Waals surface area contributed by atoms with Crippen molar-refractivity contribution in [1.29, 1.82) is 0 Å². The Bertz CT molecular complexity index is 1800. The van der Waals surface area contributed by atoms with E-state index in [4.69, 9.17) is 15.0 Å². The van der Waals surface area contributed by atoms with Crippen LogP contribution in [0.4, 0.5) is 17.2 Å². The third-order valence-corrected chi connectivity index (χ3v) is 6.55. The molecule has 204 valence electrons. The molecular formula is C34H26N5OPt-. The largest absolute Gasteiger partial charge is 0.507 e. The molecule has 0 amide bonds. The minimum atomic E-state index is 0. The van der Waals surface area contributed by atoms with E-state index in [2.05, 4.69) is 22.0 Å². The number of aryl methyl sites for hydroxylation is 2. The van der Waals surface area contributed by atoms with Gasteiger partial charge in [0.25, 0.3) is 0 Å². The summed E-state index contributed by atoms with van der Waals surface area (Å²) < 4.78 is 0. The van der Waals surface area contributed by atoms with Crippen molar-refractivity contribution in [2.45, 2.75) is 13.8 Å². The normalized spacial score (nSPS) is 10.6. The van der Waals surface area contributed by atoms with E-state index in [1.807, 2.05) is 105 Å². The van der Waals surface area contributed by atoms with Gasteiger partial charge in [-0.3, -0.25) is 9.97 Å². The second kappa shape index (κ2) is 12.2. The molecule has 0 bridgehead atoms. The van der Waals surface area contributed by atoms with Gasteiger partial charge in [0.1, 0.15) is 11.6 Å². The number of hydrogen-bond acceptors (Lipinski definition) is 6. The van der Waals surface area contributed by atoms with Gasteiger partial charge in [0, 0.05) is 33.0 Å². The van der Waals surface area contributed by atoms with Crippen molar-refractivity contribution in [3.63, 3.8) is 0 Å². The third kappa shape index (κ3) is 5.93. The van der Waals surface area contributed by atoms with Crippen molar-refractivity contribution < 1.29 is 26.2 Å². The summed E-state index contributed by atoms with van der Waals surface area (Å²) in [4.78, 5) is 21.1. The predicted octanol–water partition coefficient (Wildman–Crippen LogP) is 7.86. The molecule has 3 aromatic carbocycles. The fraction of sp³-hybridized carbons (Fsp3) is 0.0588. The van der Waals surface area contributed by atoms with Crippen LogP contribution in [0.3, 0.4) is 0 Å². The van der Waals surface area contributed by atoms with Crippen molar-refractivity contribution in [2.24, 2.45) is 0 Å². The maximum absolute atomic E-state index is 10.6. The van der Waals surface area contributed by atoms with E-state index in [1.165, 1.54) is 0 Å². The third-order valence-electron chi connectivity index (χ3n) is 6.55. The van der Waals surface area contributed by atoms with E-state index < -0.39 is 0 Å². The van der Waals surface area contributed by atoms with Crippen LogP contribution in [0.25, 0.3) is 33.9 Å². The number of anilines is 3. The van der Waals surface area contributed by atoms with Gasteiger partial charge >= 0.3 is 0 Å². The van der Waals surface area contributed by atoms with Crippen molar-refractivity contribution in [2.75, 3.05) is 4.90 Å². The van der Waals surface area contributed by atoms with E-state index in [-0.39, 0.29) is 26.8 Å². The van der Waals surface area contributed by atoms with Crippen LogP contribution in [0.5, 0.6) is 5.75 Å². The van der Waals surface area contributed by atoms with Crippen LogP contribution in [0, 0.1) is 19.9 Å². The molecule has 6 rings (SSSR count). The first-order valence-electron chi connectivity index (χ1n) is 13.0. The molecule has 0 spiro atoms. The Morgan fingerprint density at radius 3 is 2.22 bits per heavy atom. The predicted molar refractivity (Wildman–Crippen MR) is 159 cm³/mol. The number of para-hydroxylation sites is 1. The van der Waals surface area contributed by atoms with Crippen molar-refractivity contribution >= 4 is 17.2 Å². The molecule has 0 radical (unpaired) electrons. The molecule has 0 unspecified atom stereocenters. The number of hydrogen-bond donors (Lipinski definition) is 1. The van der Waals surface area contributed by atoms with Gasteiger partial charge < -0.3 is 10.0 Å². The van der Waals surface area contributed by atoms with E-state index in [9.17, 15) is 5.11 Å². The van der Waals surface area contributed by atoms with Gasteiger partial charge in [-0.1, -0.05) is 54.6 Å². The first kappa shape index (κ1) is 27.9. The molecule has 3 heterocycles. The number of pyridine rings is 2. The van der Waals surface area contributed by atoms with Crippen molar-refractivity contribution in [1.82, 2.24) is 19.9 Å². The number of aromatic hydroxyl groups is 1. The molecular weight excluding hydrogens is 689 g/mol. The average Bonchev–Trinajstić information content (AvgIpc) is 3.00. The van der Waals surface area contributed by atoms with E-state index in [1.54, 1.807) is 18.3 Å². The minimum Gasteiger partial charge on any atom is -0.507 e. The number of phenols is 1. The monoisotopic (exact) mass is 715 g/mol. The summed E-state index contributed by atoms with van der Waals surface area (Å²) in [6, 6.07) is 38.4. The average molecular weight is 716 g/mol. The van der Waals surface area contributed by atoms with Crippen LogP contribution in [0.2, 0.25) is 0 Å². The quantitative estimate of drug-likeness (QED) is 0.177. The van der Waals surface area contributed by atoms with Gasteiger partial charge in [0.2, 0.25) is 0 Å². The number of aromatic nitrogens is 4. The molecule has 0 saturated heterocycles. The Balaban J connectivity index is 0.00000337. The summed E-state index contributed by atoms with van der Waals surface area (Å²) in [7, 11) is 0. The molecule has 41 heavy (non-hydrogen) atoms. The molecule has 0 aliphatic rings. The smallest absolute Gasteiger partial charge is 0.154 e. The second-order valence-electron chi connectivity index (χ2n) is 9.38. The Kier molecular flexibility index (Phi) is 8.32. The molecule has 1 N–H and O–H groups in total. The van der Waals surface area contributed by atoms with Crippen molar-refractivity contribution in [3.8, 4) is 39.7 Å². The molecule has 6 nitrogen and oxygen atoms in total. The van der Waals surface area contributed by atoms with Crippen LogP contribution in [0.1, 0.15) is 11.4 Å². The topological polar surface area (TPSA) is 75.0 Å². The van der Waals surface area contributed by atoms with Crippen LogP contribution in [-0.2, 0) is 21.1 Å². The first-order valence-corrected chi connectivity index (χ1v) is 13.0.